The number of hydrogen-bond acceptors (Lipinski definition) is 7. The minimum Gasteiger partial charge on any atom is -0.375 e. The second-order valence-corrected chi connectivity index (χ2v) is 7.31. The summed E-state index contributed by atoms with van der Waals surface area (Å²) >= 11 is 6.11. The van der Waals surface area contributed by atoms with Gasteiger partial charge in [0.2, 0.25) is 0 Å². The molecule has 0 saturated heterocycles. The van der Waals surface area contributed by atoms with Crippen LogP contribution in [0.2, 0.25) is 5.02 Å². The zero-order chi connectivity index (χ0) is 22.8. The van der Waals surface area contributed by atoms with Crippen molar-refractivity contribution in [1.29, 1.82) is 5.26 Å². The Balaban J connectivity index is 2.07. The summed E-state index contributed by atoms with van der Waals surface area (Å²) in [6, 6.07) is 10.1. The normalized spacial score (nSPS) is 17.5. The lowest BCUT2D eigenvalue weighted by molar-refractivity contribution is -0.384. The molecular weight excluding hydrogens is 426 g/mol. The molecule has 0 radical (unpaired) electrons. The third-order valence-corrected chi connectivity index (χ3v) is 4.95. The number of nitrogens with zero attached hydrogens (tertiary/aromatic N) is 3. The van der Waals surface area contributed by atoms with Crippen molar-refractivity contribution in [3.8, 4) is 6.07 Å². The number of carbonyl (C=O) groups is 2. The highest BCUT2D eigenvalue weighted by atomic mass is 35.5. The van der Waals surface area contributed by atoms with Crippen LogP contribution in [-0.4, -0.2) is 27.6 Å². The zero-order valence-electron chi connectivity index (χ0n) is 16.2. The first kappa shape index (κ1) is 21.9. The van der Waals surface area contributed by atoms with E-state index in [0.717, 1.165) is 0 Å². The largest absolute Gasteiger partial charge is 0.375 e. The molecule has 1 heterocycles. The number of nitro groups is 1. The van der Waals surface area contributed by atoms with E-state index < -0.39 is 35.2 Å². The predicted molar refractivity (Wildman–Crippen MR) is 111 cm³/mol. The molecule has 2 aromatic rings. The van der Waals surface area contributed by atoms with Gasteiger partial charge >= 0.3 is 0 Å². The van der Waals surface area contributed by atoms with Gasteiger partial charge in [0.05, 0.1) is 22.4 Å². The maximum absolute atomic E-state index is 12.7. The SMILES string of the molecule is Cc1cc(Cl)cc2c1NC(=O)[C@@]2(O)C/C(=N/NC(=O)CC#N)c1cccc([N+](=O)[O-])c1. The summed E-state index contributed by atoms with van der Waals surface area (Å²) in [5.74, 6) is -1.44. The molecule has 3 rings (SSSR count). The molecule has 1 aliphatic heterocycles. The van der Waals surface area contributed by atoms with E-state index in [1.54, 1.807) is 19.1 Å². The van der Waals surface area contributed by atoms with E-state index in [1.807, 2.05) is 0 Å². The van der Waals surface area contributed by atoms with Gasteiger partial charge in [0.15, 0.2) is 5.60 Å². The number of aryl methyl sites for hydroxylation is 1. The summed E-state index contributed by atoms with van der Waals surface area (Å²) in [6.07, 6.45) is -0.881. The maximum Gasteiger partial charge on any atom is 0.270 e. The highest BCUT2D eigenvalue weighted by molar-refractivity contribution is 6.31. The Labute approximate surface area is 181 Å². The fourth-order valence-corrected chi connectivity index (χ4v) is 3.51. The molecule has 0 aliphatic carbocycles. The summed E-state index contributed by atoms with van der Waals surface area (Å²) in [5, 5.41) is 38.0. The van der Waals surface area contributed by atoms with E-state index >= 15 is 0 Å². The van der Waals surface area contributed by atoms with E-state index in [9.17, 15) is 24.8 Å². The number of aliphatic hydroxyl groups is 1. The summed E-state index contributed by atoms with van der Waals surface area (Å²) in [4.78, 5) is 35.0. The van der Waals surface area contributed by atoms with Crippen molar-refractivity contribution >= 4 is 40.5 Å². The predicted octanol–water partition coefficient (Wildman–Crippen LogP) is 2.52. The first-order valence-electron chi connectivity index (χ1n) is 8.97. The number of benzene rings is 2. The van der Waals surface area contributed by atoms with Crippen LogP contribution in [0.4, 0.5) is 11.4 Å². The van der Waals surface area contributed by atoms with Gasteiger partial charge in [0, 0.05) is 34.7 Å². The molecular formula is C20H16ClN5O5. The van der Waals surface area contributed by atoms with Crippen molar-refractivity contribution in [3.63, 3.8) is 0 Å². The molecule has 1 aliphatic rings. The summed E-state index contributed by atoms with van der Waals surface area (Å²) < 4.78 is 0. The van der Waals surface area contributed by atoms with Crippen LogP contribution in [0.5, 0.6) is 0 Å². The Morgan fingerprint density at radius 3 is 2.84 bits per heavy atom. The number of halogens is 1. The molecule has 0 aromatic heterocycles. The van der Waals surface area contributed by atoms with Crippen LogP contribution in [0.25, 0.3) is 0 Å². The van der Waals surface area contributed by atoms with Crippen molar-refractivity contribution in [1.82, 2.24) is 5.43 Å². The second kappa shape index (κ2) is 8.51. The Morgan fingerprint density at radius 2 is 2.16 bits per heavy atom. The molecule has 2 amide bonds. The average Bonchev–Trinajstić information content (AvgIpc) is 2.96. The number of non-ortho nitro benzene ring substituents is 1. The van der Waals surface area contributed by atoms with Crippen LogP contribution in [0.15, 0.2) is 41.5 Å². The minimum atomic E-state index is -2.09. The van der Waals surface area contributed by atoms with Crippen molar-refractivity contribution < 1.29 is 19.6 Å². The molecule has 10 nitrogen and oxygen atoms in total. The van der Waals surface area contributed by atoms with Crippen LogP contribution < -0.4 is 10.7 Å². The maximum atomic E-state index is 12.7. The van der Waals surface area contributed by atoms with Crippen LogP contribution in [0, 0.1) is 28.4 Å². The van der Waals surface area contributed by atoms with Crippen molar-refractivity contribution in [2.75, 3.05) is 5.32 Å². The molecule has 0 saturated carbocycles. The van der Waals surface area contributed by atoms with Crippen molar-refractivity contribution in [2.24, 2.45) is 5.10 Å². The van der Waals surface area contributed by atoms with Gasteiger partial charge in [-0.1, -0.05) is 23.7 Å². The second-order valence-electron chi connectivity index (χ2n) is 6.87. The quantitative estimate of drug-likeness (QED) is 0.355. The molecule has 0 unspecified atom stereocenters. The highest BCUT2D eigenvalue weighted by Crippen LogP contribution is 2.42. The van der Waals surface area contributed by atoms with E-state index in [2.05, 4.69) is 15.8 Å². The lowest BCUT2D eigenvalue weighted by atomic mass is 9.87. The third kappa shape index (κ3) is 4.37. The zero-order valence-corrected chi connectivity index (χ0v) is 16.9. The number of hydrogen-bond donors (Lipinski definition) is 3. The van der Waals surface area contributed by atoms with Gasteiger partial charge in [-0.15, -0.1) is 0 Å². The molecule has 11 heteroatoms. The van der Waals surface area contributed by atoms with Crippen molar-refractivity contribution in [3.05, 3.63) is 68.2 Å². The number of nitrogens with one attached hydrogen (secondary N) is 2. The van der Waals surface area contributed by atoms with Gasteiger partial charge < -0.3 is 10.4 Å². The standard InChI is InChI=1S/C20H16ClN5O5/c1-11-7-13(21)9-15-18(11)23-19(28)20(15,29)10-16(24-25-17(27)5-6-22)12-3-2-4-14(8-12)26(30)31/h2-4,7-9,29H,5,10H2,1H3,(H,23,28)(H,25,27)/b24-16-/t20-/m1/s1. The van der Waals surface area contributed by atoms with Gasteiger partial charge in [-0.25, -0.2) is 5.43 Å². The summed E-state index contributed by atoms with van der Waals surface area (Å²) in [6.45, 7) is 1.72. The van der Waals surface area contributed by atoms with Crippen LogP contribution in [0.1, 0.15) is 29.5 Å². The van der Waals surface area contributed by atoms with E-state index in [4.69, 9.17) is 16.9 Å². The van der Waals surface area contributed by atoms with Gasteiger partial charge in [-0.05, 0) is 24.6 Å². The molecule has 1 atom stereocenters. The van der Waals surface area contributed by atoms with Crippen molar-refractivity contribution in [2.45, 2.75) is 25.4 Å². The fourth-order valence-electron chi connectivity index (χ4n) is 3.24. The fraction of sp³-hybridized carbons (Fsp3) is 0.200. The topological polar surface area (TPSA) is 158 Å². The lowest BCUT2D eigenvalue weighted by Crippen LogP contribution is -2.37. The van der Waals surface area contributed by atoms with Gasteiger partial charge in [0.25, 0.3) is 17.5 Å². The number of anilines is 1. The molecule has 31 heavy (non-hydrogen) atoms. The number of rotatable bonds is 6. The third-order valence-electron chi connectivity index (χ3n) is 4.73. The Hall–Kier alpha value is -3.81. The minimum absolute atomic E-state index is 0.00174. The monoisotopic (exact) mass is 441 g/mol. The number of nitriles is 1. The molecule has 0 spiro atoms. The summed E-state index contributed by atoms with van der Waals surface area (Å²) in [5.41, 5.74) is 1.32. The molecule has 0 bridgehead atoms. The molecule has 0 fully saturated rings. The van der Waals surface area contributed by atoms with E-state index in [0.29, 0.717) is 16.3 Å². The van der Waals surface area contributed by atoms with Crippen LogP contribution in [0.3, 0.4) is 0 Å². The van der Waals surface area contributed by atoms with E-state index in [1.165, 1.54) is 30.3 Å². The first-order valence-corrected chi connectivity index (χ1v) is 9.35. The number of hydrazone groups is 1. The number of fused-ring (bicyclic) bond motifs is 1. The summed E-state index contributed by atoms with van der Waals surface area (Å²) in [7, 11) is 0. The smallest absolute Gasteiger partial charge is 0.270 e. The highest BCUT2D eigenvalue weighted by Gasteiger charge is 2.47. The number of amides is 2. The molecule has 2 aromatic carbocycles. The molecule has 3 N–H and O–H groups in total. The Bertz CT molecular complexity index is 1170. The average molecular weight is 442 g/mol. The Kier molecular flexibility index (Phi) is 6.01. The molecule has 158 valence electrons. The Morgan fingerprint density at radius 1 is 1.42 bits per heavy atom. The van der Waals surface area contributed by atoms with Crippen LogP contribution in [-0.2, 0) is 15.2 Å². The number of carbonyl (C=O) groups excluding carboxylic acids is 2. The number of nitro benzene ring substituents is 1. The van der Waals surface area contributed by atoms with Gasteiger partial charge in [-0.3, -0.25) is 19.7 Å². The van der Waals surface area contributed by atoms with Gasteiger partial charge in [-0.2, -0.15) is 10.4 Å². The first-order chi connectivity index (χ1) is 14.7. The van der Waals surface area contributed by atoms with Crippen LogP contribution >= 0.6 is 11.6 Å². The lowest BCUT2D eigenvalue weighted by Gasteiger charge is -2.22. The van der Waals surface area contributed by atoms with E-state index in [-0.39, 0.29) is 22.5 Å². The van der Waals surface area contributed by atoms with Gasteiger partial charge in [0.1, 0.15) is 6.42 Å².